The largest absolute Gasteiger partial charge is 0.508 e. The van der Waals surface area contributed by atoms with Crippen molar-refractivity contribution in [2.24, 2.45) is 0 Å². The molecule has 1 aromatic heterocycles. The zero-order valence-electron chi connectivity index (χ0n) is 11.4. The molecular weight excluding hydrogens is 274 g/mol. The summed E-state index contributed by atoms with van der Waals surface area (Å²) < 4.78 is 0. The van der Waals surface area contributed by atoms with Crippen LogP contribution in [0.3, 0.4) is 0 Å². The molecule has 0 saturated heterocycles. The van der Waals surface area contributed by atoms with Crippen molar-refractivity contribution in [2.75, 3.05) is 7.05 Å². The topological polar surface area (TPSA) is 60.8 Å². The number of thiophene rings is 1. The minimum Gasteiger partial charge on any atom is -0.508 e. The van der Waals surface area contributed by atoms with E-state index in [0.717, 1.165) is 6.42 Å². The predicted octanol–water partition coefficient (Wildman–Crippen LogP) is 2.86. The number of carbonyl (C=O) groups is 1. The number of phenols is 2. The maximum absolute atomic E-state index is 12.3. The van der Waals surface area contributed by atoms with Crippen molar-refractivity contribution in [1.82, 2.24) is 4.90 Å². The van der Waals surface area contributed by atoms with Gasteiger partial charge in [-0.3, -0.25) is 4.79 Å². The predicted molar refractivity (Wildman–Crippen MR) is 79.4 cm³/mol. The summed E-state index contributed by atoms with van der Waals surface area (Å²) in [6, 6.07) is 7.97. The number of nitrogens with zero attached hydrogens (tertiary/aromatic N) is 1. The number of likely N-dealkylation sites (N-methyl/N-ethyl adjacent to an activating group) is 1. The van der Waals surface area contributed by atoms with Crippen LogP contribution in [0.5, 0.6) is 11.5 Å². The molecule has 0 aliphatic heterocycles. The Morgan fingerprint density at radius 2 is 2.10 bits per heavy atom. The monoisotopic (exact) mass is 291 g/mol. The summed E-state index contributed by atoms with van der Waals surface area (Å²) >= 11 is 1.65. The molecule has 1 aromatic carbocycles. The molecule has 2 aromatic rings. The Kier molecular flexibility index (Phi) is 4.29. The summed E-state index contributed by atoms with van der Waals surface area (Å²) in [5.74, 6) is -0.462. The van der Waals surface area contributed by atoms with E-state index in [1.54, 1.807) is 23.3 Å². The number of aromatic hydroxyl groups is 2. The van der Waals surface area contributed by atoms with Crippen molar-refractivity contribution in [3.8, 4) is 11.5 Å². The minimum atomic E-state index is -0.303. The molecule has 0 aliphatic carbocycles. The van der Waals surface area contributed by atoms with E-state index in [0.29, 0.717) is 0 Å². The molecule has 2 N–H and O–H groups in total. The Morgan fingerprint density at radius 1 is 1.35 bits per heavy atom. The van der Waals surface area contributed by atoms with Gasteiger partial charge in [0.2, 0.25) is 0 Å². The standard InChI is InChI=1S/C15H17NO3S/c1-10(8-12-4-3-7-20-12)16(2)15(19)13-9-11(17)5-6-14(13)18/h3-7,9-10,17-18H,8H2,1-2H3. The Bertz CT molecular complexity index is 595. The van der Waals surface area contributed by atoms with E-state index in [-0.39, 0.29) is 29.0 Å². The van der Waals surface area contributed by atoms with Gasteiger partial charge in [-0.15, -0.1) is 11.3 Å². The first-order valence-electron chi connectivity index (χ1n) is 6.30. The number of carbonyl (C=O) groups excluding carboxylic acids is 1. The van der Waals surface area contributed by atoms with Crippen LogP contribution < -0.4 is 0 Å². The molecule has 0 fully saturated rings. The van der Waals surface area contributed by atoms with Crippen LogP contribution in [0.25, 0.3) is 0 Å². The Hall–Kier alpha value is -2.01. The van der Waals surface area contributed by atoms with Crippen LogP contribution >= 0.6 is 11.3 Å². The van der Waals surface area contributed by atoms with Crippen molar-refractivity contribution in [3.05, 3.63) is 46.2 Å². The van der Waals surface area contributed by atoms with Gasteiger partial charge in [0.05, 0.1) is 5.56 Å². The van der Waals surface area contributed by atoms with Gasteiger partial charge < -0.3 is 15.1 Å². The average Bonchev–Trinajstić information content (AvgIpc) is 2.92. The molecule has 1 atom stereocenters. The highest BCUT2D eigenvalue weighted by Gasteiger charge is 2.21. The smallest absolute Gasteiger partial charge is 0.257 e. The molecule has 1 unspecified atom stereocenters. The van der Waals surface area contributed by atoms with Crippen molar-refractivity contribution in [1.29, 1.82) is 0 Å². The van der Waals surface area contributed by atoms with E-state index in [1.807, 2.05) is 24.4 Å². The van der Waals surface area contributed by atoms with Gasteiger partial charge in [0.25, 0.3) is 5.91 Å². The van der Waals surface area contributed by atoms with Crippen LogP contribution in [-0.2, 0) is 6.42 Å². The molecule has 1 heterocycles. The average molecular weight is 291 g/mol. The maximum atomic E-state index is 12.3. The zero-order chi connectivity index (χ0) is 14.7. The molecule has 0 spiro atoms. The van der Waals surface area contributed by atoms with Gasteiger partial charge in [-0.05, 0) is 36.6 Å². The lowest BCUT2D eigenvalue weighted by Gasteiger charge is -2.25. The Morgan fingerprint density at radius 3 is 2.75 bits per heavy atom. The van der Waals surface area contributed by atoms with E-state index >= 15 is 0 Å². The summed E-state index contributed by atoms with van der Waals surface area (Å²) in [6.45, 7) is 1.96. The van der Waals surface area contributed by atoms with E-state index in [2.05, 4.69) is 0 Å². The third-order valence-electron chi connectivity index (χ3n) is 3.27. The SMILES string of the molecule is CC(Cc1cccs1)N(C)C(=O)c1cc(O)ccc1O. The summed E-state index contributed by atoms with van der Waals surface area (Å²) in [5.41, 5.74) is 0.116. The van der Waals surface area contributed by atoms with Crippen molar-refractivity contribution >= 4 is 17.2 Å². The number of hydrogen-bond acceptors (Lipinski definition) is 4. The van der Waals surface area contributed by atoms with Crippen LogP contribution in [0.15, 0.2) is 35.7 Å². The van der Waals surface area contributed by atoms with Gasteiger partial charge in [-0.2, -0.15) is 0 Å². The molecule has 20 heavy (non-hydrogen) atoms. The van der Waals surface area contributed by atoms with Crippen molar-refractivity contribution < 1.29 is 15.0 Å². The molecular formula is C15H17NO3S. The highest BCUT2D eigenvalue weighted by Crippen LogP contribution is 2.24. The first kappa shape index (κ1) is 14.4. The van der Waals surface area contributed by atoms with E-state index in [4.69, 9.17) is 0 Å². The first-order chi connectivity index (χ1) is 9.49. The van der Waals surface area contributed by atoms with Crippen LogP contribution in [0.4, 0.5) is 0 Å². The molecule has 2 rings (SSSR count). The lowest BCUT2D eigenvalue weighted by molar-refractivity contribution is 0.0740. The number of phenolic OH excluding ortho intramolecular Hbond substituents is 2. The lowest BCUT2D eigenvalue weighted by Crippen LogP contribution is -2.36. The first-order valence-corrected chi connectivity index (χ1v) is 7.18. The zero-order valence-corrected chi connectivity index (χ0v) is 12.2. The molecule has 0 saturated carbocycles. The van der Waals surface area contributed by atoms with Gasteiger partial charge in [0.15, 0.2) is 0 Å². The third-order valence-corrected chi connectivity index (χ3v) is 4.17. The van der Waals surface area contributed by atoms with E-state index in [1.165, 1.54) is 23.1 Å². The van der Waals surface area contributed by atoms with Gasteiger partial charge in [0.1, 0.15) is 11.5 Å². The highest BCUT2D eigenvalue weighted by atomic mass is 32.1. The number of benzene rings is 1. The Labute approximate surface area is 121 Å². The quantitative estimate of drug-likeness (QED) is 0.852. The molecule has 4 nitrogen and oxygen atoms in total. The fourth-order valence-electron chi connectivity index (χ4n) is 1.94. The van der Waals surface area contributed by atoms with Crippen LogP contribution in [0.2, 0.25) is 0 Å². The fraction of sp³-hybridized carbons (Fsp3) is 0.267. The fourth-order valence-corrected chi connectivity index (χ4v) is 2.77. The summed E-state index contributed by atoms with van der Waals surface area (Å²) in [7, 11) is 1.70. The van der Waals surface area contributed by atoms with Crippen LogP contribution in [0.1, 0.15) is 22.2 Å². The highest BCUT2D eigenvalue weighted by molar-refractivity contribution is 7.09. The summed E-state index contributed by atoms with van der Waals surface area (Å²) in [6.07, 6.45) is 0.763. The minimum absolute atomic E-state index is 0.00268. The lowest BCUT2D eigenvalue weighted by atomic mass is 10.1. The van der Waals surface area contributed by atoms with Crippen molar-refractivity contribution in [2.45, 2.75) is 19.4 Å². The van der Waals surface area contributed by atoms with E-state index < -0.39 is 0 Å². The summed E-state index contributed by atoms with van der Waals surface area (Å²) in [4.78, 5) is 15.1. The Balaban J connectivity index is 2.13. The second-order valence-corrected chi connectivity index (χ2v) is 5.78. The molecule has 1 amide bonds. The van der Waals surface area contributed by atoms with Crippen molar-refractivity contribution in [3.63, 3.8) is 0 Å². The normalized spacial score (nSPS) is 12.1. The third kappa shape index (κ3) is 3.11. The molecule has 0 radical (unpaired) electrons. The van der Waals surface area contributed by atoms with Gasteiger partial charge >= 0.3 is 0 Å². The molecule has 106 valence electrons. The van der Waals surface area contributed by atoms with Gasteiger partial charge in [0, 0.05) is 24.4 Å². The number of rotatable bonds is 4. The van der Waals surface area contributed by atoms with Crippen LogP contribution in [0, 0.1) is 0 Å². The van der Waals surface area contributed by atoms with Crippen LogP contribution in [-0.4, -0.2) is 34.1 Å². The molecule has 0 bridgehead atoms. The second kappa shape index (κ2) is 5.96. The summed E-state index contributed by atoms with van der Waals surface area (Å²) in [5, 5.41) is 21.2. The van der Waals surface area contributed by atoms with E-state index in [9.17, 15) is 15.0 Å². The maximum Gasteiger partial charge on any atom is 0.257 e. The molecule has 0 aliphatic rings. The molecule has 5 heteroatoms. The number of amides is 1. The van der Waals surface area contributed by atoms with Gasteiger partial charge in [-0.25, -0.2) is 0 Å². The number of hydrogen-bond donors (Lipinski definition) is 2. The second-order valence-electron chi connectivity index (χ2n) is 4.75. The van der Waals surface area contributed by atoms with Gasteiger partial charge in [-0.1, -0.05) is 6.07 Å².